The van der Waals surface area contributed by atoms with Crippen LogP contribution in [0.15, 0.2) is 24.7 Å². The molecule has 3 aromatic rings. The largest absolute Gasteiger partial charge is 0.494 e. The molecule has 0 aliphatic carbocycles. The molecular weight excluding hydrogens is 252 g/mol. The second-order valence-corrected chi connectivity index (χ2v) is 4.40. The van der Waals surface area contributed by atoms with Gasteiger partial charge in [-0.2, -0.15) is 10.2 Å². The predicted molar refractivity (Wildman–Crippen MR) is 69.1 cm³/mol. The van der Waals surface area contributed by atoms with Crippen LogP contribution in [0.25, 0.3) is 16.6 Å². The van der Waals surface area contributed by atoms with E-state index >= 15 is 0 Å². The zero-order valence-electron chi connectivity index (χ0n) is 9.94. The van der Waals surface area contributed by atoms with E-state index in [-0.39, 0.29) is 0 Å². The highest BCUT2D eigenvalue weighted by atomic mass is 35.5. The van der Waals surface area contributed by atoms with Crippen LogP contribution < -0.4 is 4.74 Å². The van der Waals surface area contributed by atoms with Crippen molar-refractivity contribution >= 4 is 17.1 Å². The van der Waals surface area contributed by atoms with E-state index in [1.54, 1.807) is 24.0 Å². The van der Waals surface area contributed by atoms with Gasteiger partial charge in [-0.3, -0.25) is 5.10 Å². The van der Waals surface area contributed by atoms with Crippen molar-refractivity contribution in [1.82, 2.24) is 19.8 Å². The van der Waals surface area contributed by atoms with Gasteiger partial charge in [-0.25, -0.2) is 4.52 Å². The summed E-state index contributed by atoms with van der Waals surface area (Å²) in [4.78, 5) is 0. The van der Waals surface area contributed by atoms with Crippen molar-refractivity contribution in [2.75, 3.05) is 7.11 Å². The molecule has 0 bridgehead atoms. The number of hydrogen-bond acceptors (Lipinski definition) is 3. The summed E-state index contributed by atoms with van der Waals surface area (Å²) >= 11 is 6.08. The molecule has 0 saturated heterocycles. The fourth-order valence-corrected chi connectivity index (χ4v) is 2.22. The normalized spacial score (nSPS) is 11.1. The predicted octanol–water partition coefficient (Wildman–Crippen LogP) is 2.69. The van der Waals surface area contributed by atoms with Gasteiger partial charge < -0.3 is 4.74 Å². The second kappa shape index (κ2) is 4.03. The number of H-pyrrole nitrogens is 1. The summed E-state index contributed by atoms with van der Waals surface area (Å²) in [6.07, 6.45) is 5.29. The van der Waals surface area contributed by atoms with Crippen molar-refractivity contribution in [2.45, 2.75) is 6.92 Å². The molecule has 0 aliphatic rings. The zero-order valence-corrected chi connectivity index (χ0v) is 10.7. The highest BCUT2D eigenvalue weighted by molar-refractivity contribution is 6.34. The van der Waals surface area contributed by atoms with E-state index in [0.29, 0.717) is 10.8 Å². The molecule has 3 aromatic heterocycles. The topological polar surface area (TPSA) is 55.2 Å². The molecule has 1 N–H and O–H groups in total. The average molecular weight is 263 g/mol. The minimum atomic E-state index is 0.572. The van der Waals surface area contributed by atoms with Gasteiger partial charge in [0.15, 0.2) is 0 Å². The van der Waals surface area contributed by atoms with Gasteiger partial charge in [0.05, 0.1) is 24.5 Å². The van der Waals surface area contributed by atoms with E-state index in [1.807, 2.05) is 19.2 Å². The van der Waals surface area contributed by atoms with Crippen molar-refractivity contribution in [3.05, 3.63) is 35.4 Å². The van der Waals surface area contributed by atoms with Gasteiger partial charge in [0.2, 0.25) is 0 Å². The molecule has 0 atom stereocenters. The molecule has 0 radical (unpaired) electrons. The lowest BCUT2D eigenvalue weighted by Gasteiger charge is -2.07. The Morgan fingerprint density at radius 1 is 1.39 bits per heavy atom. The number of methoxy groups -OCH3 is 1. The highest BCUT2D eigenvalue weighted by Gasteiger charge is 2.12. The molecule has 92 valence electrons. The number of aryl methyl sites for hydroxylation is 1. The number of halogens is 1. The Morgan fingerprint density at radius 2 is 2.22 bits per heavy atom. The van der Waals surface area contributed by atoms with E-state index in [2.05, 4.69) is 15.3 Å². The van der Waals surface area contributed by atoms with Crippen molar-refractivity contribution in [3.8, 4) is 16.9 Å². The summed E-state index contributed by atoms with van der Waals surface area (Å²) in [5.41, 5.74) is 3.76. The van der Waals surface area contributed by atoms with Crippen molar-refractivity contribution in [2.24, 2.45) is 0 Å². The van der Waals surface area contributed by atoms with Crippen LogP contribution in [-0.4, -0.2) is 26.9 Å². The van der Waals surface area contributed by atoms with Crippen LogP contribution in [0.4, 0.5) is 0 Å². The highest BCUT2D eigenvalue weighted by Crippen LogP contribution is 2.32. The van der Waals surface area contributed by atoms with Crippen LogP contribution in [0.1, 0.15) is 5.69 Å². The lowest BCUT2D eigenvalue weighted by Crippen LogP contribution is -1.93. The van der Waals surface area contributed by atoms with Crippen molar-refractivity contribution in [1.29, 1.82) is 0 Å². The molecular formula is C12H11ClN4O. The van der Waals surface area contributed by atoms with Crippen LogP contribution in [0.3, 0.4) is 0 Å². The molecule has 0 amide bonds. The maximum atomic E-state index is 6.08. The van der Waals surface area contributed by atoms with Crippen molar-refractivity contribution < 1.29 is 4.74 Å². The monoisotopic (exact) mass is 262 g/mol. The Labute approximate surface area is 108 Å². The average Bonchev–Trinajstić information content (AvgIpc) is 2.95. The molecule has 0 spiro atoms. The summed E-state index contributed by atoms with van der Waals surface area (Å²) in [7, 11) is 1.62. The summed E-state index contributed by atoms with van der Waals surface area (Å²) in [6.45, 7) is 1.97. The van der Waals surface area contributed by atoms with Crippen LogP contribution in [0, 0.1) is 6.92 Å². The molecule has 0 fully saturated rings. The fraction of sp³-hybridized carbons (Fsp3) is 0.167. The second-order valence-electron chi connectivity index (χ2n) is 3.99. The van der Waals surface area contributed by atoms with Crippen LogP contribution in [0.2, 0.25) is 5.02 Å². The first-order chi connectivity index (χ1) is 8.70. The quantitative estimate of drug-likeness (QED) is 0.773. The molecule has 0 unspecified atom stereocenters. The third-order valence-corrected chi connectivity index (χ3v) is 3.17. The number of ether oxygens (including phenoxy) is 1. The molecule has 0 aromatic carbocycles. The smallest absolute Gasteiger partial charge is 0.146 e. The van der Waals surface area contributed by atoms with E-state index < -0.39 is 0 Å². The van der Waals surface area contributed by atoms with Gasteiger partial charge >= 0.3 is 0 Å². The van der Waals surface area contributed by atoms with Gasteiger partial charge in [-0.15, -0.1) is 0 Å². The number of aromatic nitrogens is 4. The summed E-state index contributed by atoms with van der Waals surface area (Å²) in [5.74, 6) is 0.690. The molecule has 0 saturated carbocycles. The number of hydrogen-bond donors (Lipinski definition) is 1. The Bertz CT molecular complexity index is 716. The zero-order chi connectivity index (χ0) is 12.7. The Balaban J connectivity index is 2.30. The first-order valence-corrected chi connectivity index (χ1v) is 5.79. The van der Waals surface area contributed by atoms with Gasteiger partial charge in [-0.05, 0) is 13.0 Å². The summed E-state index contributed by atoms with van der Waals surface area (Å²) in [5, 5.41) is 11.7. The lowest BCUT2D eigenvalue weighted by atomic mass is 10.1. The molecule has 18 heavy (non-hydrogen) atoms. The maximum Gasteiger partial charge on any atom is 0.146 e. The minimum absolute atomic E-state index is 0.572. The van der Waals surface area contributed by atoms with Crippen LogP contribution in [-0.2, 0) is 0 Å². The molecule has 3 rings (SSSR count). The Hall–Kier alpha value is -2.01. The molecule has 3 heterocycles. The van der Waals surface area contributed by atoms with Gasteiger partial charge in [0, 0.05) is 23.0 Å². The number of fused-ring (bicyclic) bond motifs is 1. The van der Waals surface area contributed by atoms with E-state index in [9.17, 15) is 0 Å². The van der Waals surface area contributed by atoms with Gasteiger partial charge in [-0.1, -0.05) is 11.6 Å². The Morgan fingerprint density at radius 3 is 2.89 bits per heavy atom. The molecule has 5 nitrogen and oxygen atoms in total. The fourth-order valence-electron chi connectivity index (χ4n) is 1.99. The molecule has 0 aliphatic heterocycles. The lowest BCUT2D eigenvalue weighted by molar-refractivity contribution is 0.417. The number of aromatic amines is 1. The van der Waals surface area contributed by atoms with Gasteiger partial charge in [0.1, 0.15) is 11.3 Å². The Kier molecular flexibility index (Phi) is 2.48. The standard InChI is InChI=1S/C12H11ClN4O/c1-7-9(4-14-16-7)8-3-11(18-2)12-10(13)5-15-17(12)6-8/h3-6H,1-2H3,(H,14,16). The maximum absolute atomic E-state index is 6.08. The first-order valence-electron chi connectivity index (χ1n) is 5.42. The van der Waals surface area contributed by atoms with E-state index in [0.717, 1.165) is 22.3 Å². The minimum Gasteiger partial charge on any atom is -0.494 e. The number of nitrogens with one attached hydrogen (secondary N) is 1. The van der Waals surface area contributed by atoms with Crippen molar-refractivity contribution in [3.63, 3.8) is 0 Å². The van der Waals surface area contributed by atoms with E-state index in [1.165, 1.54) is 0 Å². The summed E-state index contributed by atoms with van der Waals surface area (Å²) < 4.78 is 7.08. The van der Waals surface area contributed by atoms with E-state index in [4.69, 9.17) is 16.3 Å². The molecule has 6 heteroatoms. The summed E-state index contributed by atoms with van der Waals surface area (Å²) in [6, 6.07) is 1.93. The number of nitrogens with zero attached hydrogens (tertiary/aromatic N) is 3. The van der Waals surface area contributed by atoms with Crippen LogP contribution in [0.5, 0.6) is 5.75 Å². The third kappa shape index (κ3) is 1.55. The third-order valence-electron chi connectivity index (χ3n) is 2.89. The number of pyridine rings is 1. The first kappa shape index (κ1) is 11.1. The SMILES string of the molecule is COc1cc(-c2cn[nH]c2C)cn2ncc(Cl)c12. The number of rotatable bonds is 2. The van der Waals surface area contributed by atoms with Crippen LogP contribution >= 0.6 is 11.6 Å². The van der Waals surface area contributed by atoms with Gasteiger partial charge in [0.25, 0.3) is 0 Å².